The monoisotopic (exact) mass is 399 g/mol. The van der Waals surface area contributed by atoms with Crippen molar-refractivity contribution in [2.75, 3.05) is 0 Å². The van der Waals surface area contributed by atoms with Crippen LogP contribution in [-0.2, 0) is 0 Å². The Balaban J connectivity index is 1.57. The van der Waals surface area contributed by atoms with E-state index in [-0.39, 0.29) is 0 Å². The van der Waals surface area contributed by atoms with Gasteiger partial charge in [-0.05, 0) is 29.3 Å². The summed E-state index contributed by atoms with van der Waals surface area (Å²) in [6.07, 6.45) is 12.0. The molecule has 0 saturated heterocycles. The summed E-state index contributed by atoms with van der Waals surface area (Å²) in [6.45, 7) is 0. The number of nitrogens with zero attached hydrogens (tertiary/aromatic N) is 2. The normalized spacial score (nSPS) is 11.6. The quantitative estimate of drug-likeness (QED) is 0.347. The summed E-state index contributed by atoms with van der Waals surface area (Å²) in [7, 11) is 0. The molecule has 0 unspecified atom stereocenters. The average molecular weight is 399 g/mol. The predicted molar refractivity (Wildman–Crippen MR) is 130 cm³/mol. The highest BCUT2D eigenvalue weighted by Gasteiger charge is 2.10. The van der Waals surface area contributed by atoms with Gasteiger partial charge in [-0.15, -0.1) is 0 Å². The molecule has 0 spiro atoms. The summed E-state index contributed by atoms with van der Waals surface area (Å²) in [5.74, 6) is 0. The zero-order valence-electron chi connectivity index (χ0n) is 16.9. The van der Waals surface area contributed by atoms with Gasteiger partial charge in [0.05, 0.1) is 23.3 Å². The molecule has 1 N–H and O–H groups in total. The van der Waals surface area contributed by atoms with Crippen molar-refractivity contribution in [3.8, 4) is 11.3 Å². The van der Waals surface area contributed by atoms with Crippen LogP contribution in [0.25, 0.3) is 46.5 Å². The Bertz CT molecular complexity index is 1360. The van der Waals surface area contributed by atoms with Gasteiger partial charge in [0.2, 0.25) is 0 Å². The van der Waals surface area contributed by atoms with Crippen LogP contribution in [0.15, 0.2) is 97.3 Å². The Morgan fingerprint density at radius 1 is 0.613 bits per heavy atom. The third-order valence-electron chi connectivity index (χ3n) is 5.16. The molecule has 0 saturated carbocycles. The van der Waals surface area contributed by atoms with Gasteiger partial charge in [-0.3, -0.25) is 4.98 Å². The van der Waals surface area contributed by atoms with Crippen LogP contribution in [-0.4, -0.2) is 15.0 Å². The first-order valence-electron chi connectivity index (χ1n) is 10.3. The Hall–Kier alpha value is -4.24. The molecule has 148 valence electrons. The average Bonchev–Trinajstić information content (AvgIpc) is 3.27. The molecule has 2 heterocycles. The third-order valence-corrected chi connectivity index (χ3v) is 5.16. The summed E-state index contributed by atoms with van der Waals surface area (Å²) in [5, 5.41) is 1.14. The van der Waals surface area contributed by atoms with E-state index < -0.39 is 0 Å². The summed E-state index contributed by atoms with van der Waals surface area (Å²) in [6, 6.07) is 28.7. The van der Waals surface area contributed by atoms with E-state index in [2.05, 4.69) is 53.5 Å². The molecule has 0 fully saturated rings. The third kappa shape index (κ3) is 4.21. The van der Waals surface area contributed by atoms with Crippen LogP contribution < -0.4 is 0 Å². The van der Waals surface area contributed by atoms with E-state index in [1.807, 2.05) is 73.1 Å². The zero-order chi connectivity index (χ0) is 20.9. The first-order valence-corrected chi connectivity index (χ1v) is 10.3. The Morgan fingerprint density at radius 3 is 1.94 bits per heavy atom. The van der Waals surface area contributed by atoms with Gasteiger partial charge in [0.1, 0.15) is 0 Å². The molecule has 0 bridgehead atoms. The first-order chi connectivity index (χ1) is 15.4. The van der Waals surface area contributed by atoms with E-state index in [1.165, 1.54) is 0 Å². The van der Waals surface area contributed by atoms with Crippen LogP contribution in [0.3, 0.4) is 0 Å². The molecule has 0 aliphatic heterocycles. The van der Waals surface area contributed by atoms with Gasteiger partial charge in [0.25, 0.3) is 0 Å². The van der Waals surface area contributed by atoms with Crippen LogP contribution in [0.2, 0.25) is 0 Å². The fourth-order valence-electron chi connectivity index (χ4n) is 3.56. The van der Waals surface area contributed by atoms with E-state index in [4.69, 9.17) is 9.97 Å². The van der Waals surface area contributed by atoms with Crippen molar-refractivity contribution in [1.29, 1.82) is 0 Å². The van der Waals surface area contributed by atoms with Crippen molar-refractivity contribution in [2.24, 2.45) is 0 Å². The van der Waals surface area contributed by atoms with Crippen molar-refractivity contribution in [2.45, 2.75) is 0 Å². The number of aromatic amines is 1. The number of aromatic nitrogens is 3. The fourth-order valence-corrected chi connectivity index (χ4v) is 3.56. The van der Waals surface area contributed by atoms with E-state index in [0.29, 0.717) is 0 Å². The molecule has 5 rings (SSSR count). The number of para-hydroxylation sites is 1. The van der Waals surface area contributed by atoms with Gasteiger partial charge in [0, 0.05) is 22.7 Å². The molecule has 0 aliphatic rings. The van der Waals surface area contributed by atoms with Gasteiger partial charge in [-0.1, -0.05) is 91.0 Å². The maximum atomic E-state index is 4.97. The second kappa shape index (κ2) is 8.64. The number of hydrogen-bond donors (Lipinski definition) is 1. The Labute approximate surface area is 181 Å². The summed E-state index contributed by atoms with van der Waals surface area (Å²) < 4.78 is 0. The molecule has 3 nitrogen and oxygen atoms in total. The molecule has 0 aliphatic carbocycles. The fraction of sp³-hybridized carbons (Fsp3) is 0. The lowest BCUT2D eigenvalue weighted by atomic mass is 10.1. The van der Waals surface area contributed by atoms with Crippen molar-refractivity contribution in [1.82, 2.24) is 15.0 Å². The van der Waals surface area contributed by atoms with Gasteiger partial charge >= 0.3 is 0 Å². The summed E-state index contributed by atoms with van der Waals surface area (Å²) in [4.78, 5) is 13.1. The van der Waals surface area contributed by atoms with Crippen LogP contribution in [0, 0.1) is 0 Å². The molecule has 3 heteroatoms. The second-order valence-electron chi connectivity index (χ2n) is 7.26. The van der Waals surface area contributed by atoms with Crippen LogP contribution in [0.1, 0.15) is 22.5 Å². The van der Waals surface area contributed by atoms with Crippen molar-refractivity contribution in [3.63, 3.8) is 0 Å². The van der Waals surface area contributed by atoms with Crippen LogP contribution >= 0.6 is 0 Å². The highest BCUT2D eigenvalue weighted by molar-refractivity contribution is 5.94. The summed E-state index contributed by atoms with van der Waals surface area (Å²) >= 11 is 0. The molecule has 2 aromatic heterocycles. The first kappa shape index (κ1) is 18.8. The number of H-pyrrole nitrogens is 1. The van der Waals surface area contributed by atoms with Crippen LogP contribution in [0.4, 0.5) is 0 Å². The molecule has 0 atom stereocenters. The van der Waals surface area contributed by atoms with Crippen molar-refractivity contribution < 1.29 is 0 Å². The minimum Gasteiger partial charge on any atom is -0.360 e. The highest BCUT2D eigenvalue weighted by atomic mass is 14.8. The number of hydrogen-bond acceptors (Lipinski definition) is 2. The topological polar surface area (TPSA) is 41.6 Å². The van der Waals surface area contributed by atoms with E-state index in [0.717, 1.165) is 44.7 Å². The maximum absolute atomic E-state index is 4.97. The Kier molecular flexibility index (Phi) is 5.23. The van der Waals surface area contributed by atoms with E-state index in [1.54, 1.807) is 0 Å². The lowest BCUT2D eigenvalue weighted by Crippen LogP contribution is -1.94. The minimum atomic E-state index is 0.832. The SMILES string of the molecule is C(=C\c1ncc(-c2c[nH]c3ccccc23)nc1/C=C/c1ccccc1)/c1ccccc1. The highest BCUT2D eigenvalue weighted by Crippen LogP contribution is 2.28. The smallest absolute Gasteiger partial charge is 0.0914 e. The van der Waals surface area contributed by atoms with Crippen LogP contribution in [0.5, 0.6) is 0 Å². The largest absolute Gasteiger partial charge is 0.360 e. The zero-order valence-corrected chi connectivity index (χ0v) is 16.9. The molecular formula is C28H21N3. The minimum absolute atomic E-state index is 0.832. The Morgan fingerprint density at radius 2 is 1.23 bits per heavy atom. The van der Waals surface area contributed by atoms with Crippen molar-refractivity contribution in [3.05, 3.63) is 120 Å². The second-order valence-corrected chi connectivity index (χ2v) is 7.26. The molecule has 3 aromatic carbocycles. The maximum Gasteiger partial charge on any atom is 0.0914 e. The van der Waals surface area contributed by atoms with Gasteiger partial charge in [-0.2, -0.15) is 0 Å². The predicted octanol–water partition coefficient (Wildman–Crippen LogP) is 6.97. The molecule has 0 amide bonds. The van der Waals surface area contributed by atoms with E-state index >= 15 is 0 Å². The van der Waals surface area contributed by atoms with Crippen molar-refractivity contribution >= 4 is 35.2 Å². The molecule has 5 aromatic rings. The number of rotatable bonds is 5. The van der Waals surface area contributed by atoms with E-state index in [9.17, 15) is 0 Å². The number of benzene rings is 3. The lowest BCUT2D eigenvalue weighted by Gasteiger charge is -2.05. The standard InChI is InChI=1S/C28H21N3/c1-3-9-21(10-4-1)15-17-26-27(18-16-22-11-5-2-6-12-22)31-28(20-30-26)24-19-29-25-14-8-7-13-23(24)25/h1-20,29H/b17-15+,18-16+. The molecular weight excluding hydrogens is 378 g/mol. The van der Waals surface area contributed by atoms with Gasteiger partial charge in [0.15, 0.2) is 0 Å². The lowest BCUT2D eigenvalue weighted by molar-refractivity contribution is 1.17. The number of fused-ring (bicyclic) bond motifs is 1. The van der Waals surface area contributed by atoms with Gasteiger partial charge in [-0.25, -0.2) is 4.98 Å². The molecule has 0 radical (unpaired) electrons. The number of nitrogens with one attached hydrogen (secondary N) is 1. The van der Waals surface area contributed by atoms with Gasteiger partial charge < -0.3 is 4.98 Å². The summed E-state index contributed by atoms with van der Waals surface area (Å²) in [5.41, 5.74) is 6.91. The molecule has 31 heavy (non-hydrogen) atoms.